The first-order chi connectivity index (χ1) is 16.9. The number of halogens is 1. The highest BCUT2D eigenvalue weighted by Gasteiger charge is 2.30. The molecule has 0 radical (unpaired) electrons. The summed E-state index contributed by atoms with van der Waals surface area (Å²) in [5, 5.41) is 3.74. The molecule has 184 valence electrons. The smallest absolute Gasteiger partial charge is 0.243 e. The number of carbonyl (C=O) groups excluding carboxylic acids is 2. The molecular formula is C29H33ClN2O2S. The fraction of sp³-hybridized carbons (Fsp3) is 0.310. The van der Waals surface area contributed by atoms with Gasteiger partial charge in [-0.1, -0.05) is 98.2 Å². The zero-order valence-corrected chi connectivity index (χ0v) is 21.9. The molecule has 1 atom stereocenters. The fourth-order valence-electron chi connectivity index (χ4n) is 3.72. The summed E-state index contributed by atoms with van der Waals surface area (Å²) in [6.45, 7) is 5.07. The second kappa shape index (κ2) is 14.0. The van der Waals surface area contributed by atoms with E-state index in [1.165, 1.54) is 11.8 Å². The van der Waals surface area contributed by atoms with Crippen LogP contribution in [-0.4, -0.2) is 35.1 Å². The summed E-state index contributed by atoms with van der Waals surface area (Å²) in [6, 6.07) is 26.8. The summed E-state index contributed by atoms with van der Waals surface area (Å²) in [5.41, 5.74) is 3.09. The van der Waals surface area contributed by atoms with Crippen molar-refractivity contribution in [3.8, 4) is 0 Å². The minimum absolute atomic E-state index is 0.0542. The first-order valence-corrected chi connectivity index (χ1v) is 13.4. The van der Waals surface area contributed by atoms with Gasteiger partial charge in [-0.25, -0.2) is 0 Å². The van der Waals surface area contributed by atoms with Crippen LogP contribution >= 0.6 is 23.4 Å². The zero-order chi connectivity index (χ0) is 25.0. The van der Waals surface area contributed by atoms with Gasteiger partial charge in [0.15, 0.2) is 0 Å². The molecule has 0 saturated heterocycles. The van der Waals surface area contributed by atoms with E-state index in [1.54, 1.807) is 4.90 Å². The molecule has 3 rings (SSSR count). The van der Waals surface area contributed by atoms with E-state index in [2.05, 4.69) is 19.2 Å². The molecule has 4 nitrogen and oxygen atoms in total. The van der Waals surface area contributed by atoms with Gasteiger partial charge in [0.1, 0.15) is 6.04 Å². The van der Waals surface area contributed by atoms with E-state index in [0.717, 1.165) is 16.7 Å². The summed E-state index contributed by atoms with van der Waals surface area (Å²) in [4.78, 5) is 28.7. The molecule has 0 aliphatic heterocycles. The minimum atomic E-state index is -0.601. The third-order valence-corrected chi connectivity index (χ3v) is 6.76. The van der Waals surface area contributed by atoms with Crippen molar-refractivity contribution in [1.29, 1.82) is 0 Å². The van der Waals surface area contributed by atoms with E-state index < -0.39 is 6.04 Å². The Kier molecular flexibility index (Phi) is 10.7. The monoisotopic (exact) mass is 508 g/mol. The van der Waals surface area contributed by atoms with Crippen LogP contribution in [0.5, 0.6) is 0 Å². The number of nitrogens with zero attached hydrogens (tertiary/aromatic N) is 1. The summed E-state index contributed by atoms with van der Waals surface area (Å²) < 4.78 is 0. The van der Waals surface area contributed by atoms with Crippen molar-refractivity contribution >= 4 is 35.2 Å². The Balaban J connectivity index is 1.81. The Bertz CT molecular complexity index is 1080. The molecule has 0 aliphatic carbocycles. The van der Waals surface area contributed by atoms with Crippen LogP contribution in [0.3, 0.4) is 0 Å². The quantitative estimate of drug-likeness (QED) is 0.327. The highest BCUT2D eigenvalue weighted by atomic mass is 35.5. The molecule has 35 heavy (non-hydrogen) atoms. The second-order valence-electron chi connectivity index (χ2n) is 8.97. The van der Waals surface area contributed by atoms with Crippen LogP contribution in [0.1, 0.15) is 30.5 Å². The van der Waals surface area contributed by atoms with Crippen LogP contribution in [0.4, 0.5) is 0 Å². The van der Waals surface area contributed by atoms with E-state index in [4.69, 9.17) is 11.6 Å². The summed E-state index contributed by atoms with van der Waals surface area (Å²) >= 11 is 7.64. The van der Waals surface area contributed by atoms with E-state index in [-0.39, 0.29) is 17.6 Å². The molecule has 0 bridgehead atoms. The molecule has 3 aromatic rings. The Hall–Kier alpha value is -2.76. The van der Waals surface area contributed by atoms with E-state index in [1.807, 2.05) is 84.9 Å². The van der Waals surface area contributed by atoms with Gasteiger partial charge in [0.05, 0.1) is 5.75 Å². The van der Waals surface area contributed by atoms with Crippen LogP contribution in [0, 0.1) is 5.92 Å². The van der Waals surface area contributed by atoms with Gasteiger partial charge in [0.25, 0.3) is 0 Å². The maximum atomic E-state index is 13.6. The predicted molar refractivity (Wildman–Crippen MR) is 146 cm³/mol. The lowest BCUT2D eigenvalue weighted by Gasteiger charge is -2.31. The Morgan fingerprint density at radius 2 is 1.51 bits per heavy atom. The maximum absolute atomic E-state index is 13.6. The molecular weight excluding hydrogens is 476 g/mol. The standard InChI is InChI=1S/C29H33ClN2O2S/c1-22(2)18-31-29(34)27(17-23-10-5-3-6-11-23)32(19-24-12-7-4-8-13-24)28(33)21-35-20-25-14-9-15-26(30)16-25/h3-16,22,27H,17-21H2,1-2H3,(H,31,34). The van der Waals surface area contributed by atoms with E-state index in [0.29, 0.717) is 36.2 Å². The highest BCUT2D eigenvalue weighted by molar-refractivity contribution is 7.99. The van der Waals surface area contributed by atoms with Crippen molar-refractivity contribution in [3.05, 3.63) is 107 Å². The first-order valence-electron chi connectivity index (χ1n) is 11.9. The van der Waals surface area contributed by atoms with Crippen molar-refractivity contribution in [2.24, 2.45) is 5.92 Å². The zero-order valence-electron chi connectivity index (χ0n) is 20.3. The summed E-state index contributed by atoms with van der Waals surface area (Å²) in [7, 11) is 0. The van der Waals surface area contributed by atoms with Gasteiger partial charge in [-0.15, -0.1) is 11.8 Å². The molecule has 0 heterocycles. The number of thioether (sulfide) groups is 1. The number of carbonyl (C=O) groups is 2. The molecule has 0 spiro atoms. The van der Waals surface area contributed by atoms with Crippen molar-refractivity contribution < 1.29 is 9.59 Å². The lowest BCUT2D eigenvalue weighted by Crippen LogP contribution is -2.51. The second-order valence-corrected chi connectivity index (χ2v) is 10.4. The first kappa shape index (κ1) is 26.8. The van der Waals surface area contributed by atoms with Crippen molar-refractivity contribution in [1.82, 2.24) is 10.2 Å². The van der Waals surface area contributed by atoms with Crippen molar-refractivity contribution in [3.63, 3.8) is 0 Å². The van der Waals surface area contributed by atoms with E-state index in [9.17, 15) is 9.59 Å². The van der Waals surface area contributed by atoms with Crippen LogP contribution in [-0.2, 0) is 28.3 Å². The number of rotatable bonds is 12. The molecule has 3 aromatic carbocycles. The average Bonchev–Trinajstić information content (AvgIpc) is 2.86. The SMILES string of the molecule is CC(C)CNC(=O)C(Cc1ccccc1)N(Cc1ccccc1)C(=O)CSCc1cccc(Cl)c1. The molecule has 1 unspecified atom stereocenters. The number of hydrogen-bond acceptors (Lipinski definition) is 3. The van der Waals surface area contributed by atoms with Gasteiger partial charge in [0.2, 0.25) is 11.8 Å². The third kappa shape index (κ3) is 9.08. The van der Waals surface area contributed by atoms with Crippen molar-refractivity contribution in [2.75, 3.05) is 12.3 Å². The normalized spacial score (nSPS) is 11.8. The van der Waals surface area contributed by atoms with Gasteiger partial charge in [-0.05, 0) is 34.7 Å². The Labute approximate surface area is 218 Å². The number of benzene rings is 3. The molecule has 1 N–H and O–H groups in total. The van der Waals surface area contributed by atoms with Crippen LogP contribution < -0.4 is 5.32 Å². The molecule has 0 saturated carbocycles. The molecule has 2 amide bonds. The molecule has 0 fully saturated rings. The highest BCUT2D eigenvalue weighted by Crippen LogP contribution is 2.20. The largest absolute Gasteiger partial charge is 0.354 e. The lowest BCUT2D eigenvalue weighted by molar-refractivity contribution is -0.139. The topological polar surface area (TPSA) is 49.4 Å². The molecule has 0 aromatic heterocycles. The molecule has 6 heteroatoms. The van der Waals surface area contributed by atoms with Gasteiger partial charge < -0.3 is 10.2 Å². The summed E-state index contributed by atoms with van der Waals surface area (Å²) in [5.74, 6) is 1.10. The van der Waals surface area contributed by atoms with Gasteiger partial charge in [-0.3, -0.25) is 9.59 Å². The summed E-state index contributed by atoms with van der Waals surface area (Å²) in [6.07, 6.45) is 0.461. The predicted octanol–water partition coefficient (Wildman–Crippen LogP) is 5.99. The Morgan fingerprint density at radius 1 is 0.886 bits per heavy atom. The van der Waals surface area contributed by atoms with Gasteiger partial charge >= 0.3 is 0 Å². The van der Waals surface area contributed by atoms with Crippen LogP contribution in [0.25, 0.3) is 0 Å². The van der Waals surface area contributed by atoms with Gasteiger partial charge in [0, 0.05) is 30.3 Å². The lowest BCUT2D eigenvalue weighted by atomic mass is 10.0. The number of amides is 2. The van der Waals surface area contributed by atoms with Crippen LogP contribution in [0.2, 0.25) is 5.02 Å². The third-order valence-electron chi connectivity index (χ3n) is 5.53. The maximum Gasteiger partial charge on any atom is 0.243 e. The number of nitrogens with one attached hydrogen (secondary N) is 1. The van der Waals surface area contributed by atoms with Gasteiger partial charge in [-0.2, -0.15) is 0 Å². The minimum Gasteiger partial charge on any atom is -0.354 e. The van der Waals surface area contributed by atoms with Crippen molar-refractivity contribution in [2.45, 2.75) is 38.6 Å². The fourth-order valence-corrected chi connectivity index (χ4v) is 4.79. The Morgan fingerprint density at radius 3 is 2.14 bits per heavy atom. The van der Waals surface area contributed by atoms with Crippen LogP contribution in [0.15, 0.2) is 84.9 Å². The number of hydrogen-bond donors (Lipinski definition) is 1. The molecule has 0 aliphatic rings. The average molecular weight is 509 g/mol. The van der Waals surface area contributed by atoms with E-state index >= 15 is 0 Å².